The predicted octanol–water partition coefficient (Wildman–Crippen LogP) is 1.90. The van der Waals surface area contributed by atoms with E-state index in [1.165, 1.54) is 11.3 Å². The molecule has 74 valence electrons. The molecule has 0 amide bonds. The van der Waals surface area contributed by atoms with E-state index in [9.17, 15) is 4.79 Å². The Labute approximate surface area is 90.6 Å². The Hall–Kier alpha value is -1.86. The van der Waals surface area contributed by atoms with Crippen LogP contribution in [-0.4, -0.2) is 4.98 Å². The van der Waals surface area contributed by atoms with Crippen LogP contribution in [0.1, 0.15) is 16.0 Å². The molecule has 2 rings (SSSR count). The highest BCUT2D eigenvalue weighted by atomic mass is 32.1. The Morgan fingerprint density at radius 3 is 2.60 bits per heavy atom. The van der Waals surface area contributed by atoms with Crippen molar-refractivity contribution in [1.82, 2.24) is 4.98 Å². The number of hydrogen-bond donors (Lipinski definition) is 1. The maximum absolute atomic E-state index is 10.9. The summed E-state index contributed by atoms with van der Waals surface area (Å²) in [7, 11) is 0. The number of aromatic nitrogens is 1. The number of rotatable bonds is 2. The molecule has 1 aromatic carbocycles. The number of nitriles is 1. The van der Waals surface area contributed by atoms with Gasteiger partial charge in [-0.1, -0.05) is 23.5 Å². The molecule has 15 heavy (non-hydrogen) atoms. The molecule has 0 unspecified atom stereocenters. The second kappa shape index (κ2) is 4.11. The molecule has 1 heterocycles. The molecule has 1 N–H and O–H groups in total. The van der Waals surface area contributed by atoms with Crippen LogP contribution in [0, 0.1) is 11.3 Å². The molecule has 0 saturated carbocycles. The molecule has 3 nitrogen and oxygen atoms in total. The highest BCUT2D eigenvalue weighted by Crippen LogP contribution is 2.11. The maximum Gasteiger partial charge on any atom is 0.304 e. The predicted molar refractivity (Wildman–Crippen MR) is 58.9 cm³/mol. The van der Waals surface area contributed by atoms with Gasteiger partial charge < -0.3 is 4.98 Å². The van der Waals surface area contributed by atoms with Crippen LogP contribution in [0.5, 0.6) is 0 Å². The summed E-state index contributed by atoms with van der Waals surface area (Å²) in [6.45, 7) is 0. The van der Waals surface area contributed by atoms with Gasteiger partial charge in [0, 0.05) is 17.5 Å². The lowest BCUT2D eigenvalue weighted by Crippen LogP contribution is -1.88. The number of hydrogen-bond acceptors (Lipinski definition) is 3. The second-order valence-corrected chi connectivity index (χ2v) is 4.23. The number of benzene rings is 1. The number of thiazole rings is 1. The molecule has 0 saturated heterocycles. The minimum Gasteiger partial charge on any atom is -0.319 e. The fourth-order valence-corrected chi connectivity index (χ4v) is 2.02. The summed E-state index contributed by atoms with van der Waals surface area (Å²) < 4.78 is 0. The van der Waals surface area contributed by atoms with Crippen molar-refractivity contribution in [3.05, 3.63) is 56.1 Å². The quantitative estimate of drug-likeness (QED) is 0.833. The molecule has 0 radical (unpaired) electrons. The van der Waals surface area contributed by atoms with Crippen LogP contribution in [-0.2, 0) is 6.42 Å². The van der Waals surface area contributed by atoms with Gasteiger partial charge in [-0.2, -0.15) is 5.26 Å². The van der Waals surface area contributed by atoms with E-state index in [1.807, 2.05) is 12.1 Å². The van der Waals surface area contributed by atoms with Crippen LogP contribution >= 0.6 is 11.3 Å². The third-order valence-electron chi connectivity index (χ3n) is 2.04. The van der Waals surface area contributed by atoms with Gasteiger partial charge in [-0.25, -0.2) is 0 Å². The molecule has 4 heteroatoms. The van der Waals surface area contributed by atoms with Gasteiger partial charge in [0.05, 0.1) is 11.6 Å². The van der Waals surface area contributed by atoms with Crippen LogP contribution in [0.2, 0.25) is 0 Å². The average Bonchev–Trinajstić information content (AvgIpc) is 2.65. The largest absolute Gasteiger partial charge is 0.319 e. The molecule has 0 atom stereocenters. The number of H-pyrrole nitrogens is 1. The van der Waals surface area contributed by atoms with Crippen molar-refractivity contribution in [3.8, 4) is 6.07 Å². The minimum atomic E-state index is -0.0290. The molecule has 1 aromatic heterocycles. The Morgan fingerprint density at radius 2 is 2.07 bits per heavy atom. The van der Waals surface area contributed by atoms with Crippen LogP contribution in [0.4, 0.5) is 0 Å². The highest BCUT2D eigenvalue weighted by Gasteiger charge is 1.99. The molecule has 0 fully saturated rings. The highest BCUT2D eigenvalue weighted by molar-refractivity contribution is 7.09. The zero-order valence-electron chi connectivity index (χ0n) is 7.86. The lowest BCUT2D eigenvalue weighted by atomic mass is 10.1. The van der Waals surface area contributed by atoms with Crippen molar-refractivity contribution < 1.29 is 0 Å². The van der Waals surface area contributed by atoms with Gasteiger partial charge in [-0.15, -0.1) is 0 Å². The number of nitrogens with zero attached hydrogens (tertiary/aromatic N) is 1. The number of nitrogens with one attached hydrogen (secondary N) is 1. The van der Waals surface area contributed by atoms with Crippen molar-refractivity contribution in [1.29, 1.82) is 5.26 Å². The third kappa shape index (κ3) is 2.33. The summed E-state index contributed by atoms with van der Waals surface area (Å²) in [5.74, 6) is 0. The van der Waals surface area contributed by atoms with Crippen molar-refractivity contribution in [3.63, 3.8) is 0 Å². The Morgan fingerprint density at radius 1 is 1.33 bits per heavy atom. The molecule has 0 aliphatic carbocycles. The van der Waals surface area contributed by atoms with Crippen molar-refractivity contribution >= 4 is 11.3 Å². The third-order valence-corrected chi connectivity index (χ3v) is 2.86. The van der Waals surface area contributed by atoms with E-state index in [0.717, 1.165) is 16.9 Å². The van der Waals surface area contributed by atoms with Crippen LogP contribution in [0.15, 0.2) is 35.3 Å². The monoisotopic (exact) mass is 216 g/mol. The van der Waals surface area contributed by atoms with Gasteiger partial charge in [0.15, 0.2) is 0 Å². The Balaban J connectivity index is 2.18. The van der Waals surface area contributed by atoms with E-state index in [2.05, 4.69) is 11.1 Å². The van der Waals surface area contributed by atoms with Gasteiger partial charge in [0.2, 0.25) is 0 Å². The molecule has 0 bridgehead atoms. The summed E-state index contributed by atoms with van der Waals surface area (Å²) in [6, 6.07) is 9.44. The average molecular weight is 216 g/mol. The topological polar surface area (TPSA) is 56.6 Å². The summed E-state index contributed by atoms with van der Waals surface area (Å²) in [4.78, 5) is 14.5. The van der Waals surface area contributed by atoms with E-state index in [0.29, 0.717) is 5.56 Å². The first-order valence-electron chi connectivity index (χ1n) is 4.44. The van der Waals surface area contributed by atoms with E-state index >= 15 is 0 Å². The minimum absolute atomic E-state index is 0.0290. The van der Waals surface area contributed by atoms with Gasteiger partial charge in [0.1, 0.15) is 0 Å². The Bertz CT molecular complexity index is 545. The first-order chi connectivity index (χ1) is 7.28. The molecule has 0 spiro atoms. The van der Waals surface area contributed by atoms with E-state index in [4.69, 9.17) is 5.26 Å². The molecule has 0 aliphatic heterocycles. The fourth-order valence-electron chi connectivity index (χ4n) is 1.30. The second-order valence-electron chi connectivity index (χ2n) is 3.13. The zero-order chi connectivity index (χ0) is 10.7. The SMILES string of the molecule is N#Cc1ccc(Cc2c[nH]c(=O)s2)cc1. The normalized spacial score (nSPS) is 9.80. The summed E-state index contributed by atoms with van der Waals surface area (Å²) in [6.07, 6.45) is 2.46. The Kier molecular flexibility index (Phi) is 2.66. The maximum atomic E-state index is 10.9. The standard InChI is InChI=1S/C11H8N2OS/c12-6-9-3-1-8(2-4-9)5-10-7-13-11(14)15-10/h1-4,7H,5H2,(H,13,14). The van der Waals surface area contributed by atoms with Crippen molar-refractivity contribution in [2.45, 2.75) is 6.42 Å². The first kappa shape index (κ1) is 9.69. The van der Waals surface area contributed by atoms with Gasteiger partial charge in [-0.05, 0) is 17.7 Å². The molecule has 2 aromatic rings. The smallest absolute Gasteiger partial charge is 0.304 e. The van der Waals surface area contributed by atoms with Gasteiger partial charge >= 0.3 is 4.87 Å². The molecular formula is C11H8N2OS. The van der Waals surface area contributed by atoms with Crippen LogP contribution in [0.25, 0.3) is 0 Å². The van der Waals surface area contributed by atoms with E-state index in [-0.39, 0.29) is 4.87 Å². The summed E-state index contributed by atoms with van der Waals surface area (Å²) in [5, 5.41) is 8.63. The first-order valence-corrected chi connectivity index (χ1v) is 5.26. The van der Waals surface area contributed by atoms with Gasteiger partial charge in [-0.3, -0.25) is 4.79 Å². The van der Waals surface area contributed by atoms with Crippen LogP contribution < -0.4 is 4.87 Å². The van der Waals surface area contributed by atoms with Crippen molar-refractivity contribution in [2.75, 3.05) is 0 Å². The van der Waals surface area contributed by atoms with Gasteiger partial charge in [0.25, 0.3) is 0 Å². The van der Waals surface area contributed by atoms with E-state index in [1.54, 1.807) is 18.3 Å². The molecular weight excluding hydrogens is 208 g/mol. The summed E-state index contributed by atoms with van der Waals surface area (Å²) >= 11 is 1.22. The zero-order valence-corrected chi connectivity index (χ0v) is 8.67. The lowest BCUT2D eigenvalue weighted by Gasteiger charge is -1.97. The van der Waals surface area contributed by atoms with E-state index < -0.39 is 0 Å². The van der Waals surface area contributed by atoms with Crippen LogP contribution in [0.3, 0.4) is 0 Å². The lowest BCUT2D eigenvalue weighted by molar-refractivity contribution is 1.21. The fraction of sp³-hybridized carbons (Fsp3) is 0.0909. The summed E-state index contributed by atoms with van der Waals surface area (Å²) in [5.41, 5.74) is 1.75. The van der Waals surface area contributed by atoms with Crippen molar-refractivity contribution in [2.24, 2.45) is 0 Å². The molecule has 0 aliphatic rings. The number of aromatic amines is 1.